The van der Waals surface area contributed by atoms with E-state index in [2.05, 4.69) is 13.8 Å². The van der Waals surface area contributed by atoms with Crippen LogP contribution in [0.15, 0.2) is 0 Å². The van der Waals surface area contributed by atoms with Crippen molar-refractivity contribution in [3.8, 4) is 0 Å². The second kappa shape index (κ2) is 9.36. The van der Waals surface area contributed by atoms with Gasteiger partial charge in [0.1, 0.15) is 0 Å². The average molecular weight is 328 g/mol. The third-order valence-corrected chi connectivity index (χ3v) is 6.16. The number of aliphatic hydroxyl groups is 2. The summed E-state index contributed by atoms with van der Waals surface area (Å²) in [5.41, 5.74) is 0.168. The van der Waals surface area contributed by atoms with Crippen LogP contribution >= 0.6 is 0 Å². The Bertz CT molecular complexity index is 301. The maximum Gasteiger partial charge on any atom is 0.0701 e. The van der Waals surface area contributed by atoms with Gasteiger partial charge in [-0.15, -0.1) is 0 Å². The van der Waals surface area contributed by atoms with Crippen LogP contribution in [-0.4, -0.2) is 48.8 Å². The van der Waals surface area contributed by atoms with Crippen molar-refractivity contribution >= 4 is 0 Å². The molecule has 2 N–H and O–H groups in total. The third-order valence-electron chi connectivity index (χ3n) is 6.16. The monoisotopic (exact) mass is 328 g/mol. The Labute approximate surface area is 141 Å². The van der Waals surface area contributed by atoms with E-state index in [1.807, 2.05) is 0 Å². The Balaban J connectivity index is 2.08. The summed E-state index contributed by atoms with van der Waals surface area (Å²) in [6.07, 6.45) is 10.2. The molecule has 2 aliphatic rings. The first-order chi connectivity index (χ1) is 11.1. The summed E-state index contributed by atoms with van der Waals surface area (Å²) >= 11 is 0. The maximum atomic E-state index is 9.11. The van der Waals surface area contributed by atoms with E-state index in [9.17, 15) is 0 Å². The predicted molar refractivity (Wildman–Crippen MR) is 91.3 cm³/mol. The molecule has 4 heteroatoms. The van der Waals surface area contributed by atoms with Crippen molar-refractivity contribution in [1.82, 2.24) is 0 Å². The van der Waals surface area contributed by atoms with Crippen LogP contribution in [0.3, 0.4) is 0 Å². The van der Waals surface area contributed by atoms with E-state index in [0.29, 0.717) is 25.0 Å². The molecule has 2 aliphatic carbocycles. The highest BCUT2D eigenvalue weighted by Gasteiger charge is 2.46. The summed E-state index contributed by atoms with van der Waals surface area (Å²) in [6.45, 7) is 5.90. The zero-order valence-electron chi connectivity index (χ0n) is 15.0. The molecule has 0 radical (unpaired) electrons. The van der Waals surface area contributed by atoms with Crippen molar-refractivity contribution in [2.75, 3.05) is 26.4 Å². The molecule has 0 saturated heterocycles. The van der Waals surface area contributed by atoms with Gasteiger partial charge in [0.15, 0.2) is 0 Å². The van der Waals surface area contributed by atoms with Gasteiger partial charge in [-0.25, -0.2) is 0 Å². The van der Waals surface area contributed by atoms with Crippen LogP contribution in [0, 0.1) is 17.3 Å². The normalized spacial score (nSPS) is 32.9. The molecule has 23 heavy (non-hydrogen) atoms. The largest absolute Gasteiger partial charge is 0.394 e. The first-order valence-electron chi connectivity index (χ1n) is 9.56. The average Bonchev–Trinajstić information content (AvgIpc) is 2.58. The fourth-order valence-corrected chi connectivity index (χ4v) is 4.98. The fraction of sp³-hybridized carbons (Fsp3) is 1.00. The van der Waals surface area contributed by atoms with Crippen molar-refractivity contribution in [1.29, 1.82) is 0 Å². The Kier molecular flexibility index (Phi) is 7.80. The first-order valence-corrected chi connectivity index (χ1v) is 9.56. The Hall–Kier alpha value is -0.160. The summed E-state index contributed by atoms with van der Waals surface area (Å²) in [4.78, 5) is 0. The predicted octanol–water partition coefficient (Wildman–Crippen LogP) is 3.15. The highest BCUT2D eigenvalue weighted by molar-refractivity contribution is 4.95. The van der Waals surface area contributed by atoms with Gasteiger partial charge in [0.25, 0.3) is 0 Å². The van der Waals surface area contributed by atoms with E-state index in [0.717, 1.165) is 12.8 Å². The minimum atomic E-state index is 0.106. The van der Waals surface area contributed by atoms with Crippen LogP contribution in [0.5, 0.6) is 0 Å². The van der Waals surface area contributed by atoms with Gasteiger partial charge in [-0.1, -0.05) is 39.5 Å². The van der Waals surface area contributed by atoms with Crippen LogP contribution in [0.25, 0.3) is 0 Å². The van der Waals surface area contributed by atoms with E-state index < -0.39 is 0 Å². The van der Waals surface area contributed by atoms with Crippen LogP contribution in [0.4, 0.5) is 0 Å². The Morgan fingerprint density at radius 1 is 0.739 bits per heavy atom. The number of rotatable bonds is 8. The highest BCUT2D eigenvalue weighted by atomic mass is 16.5. The second-order valence-corrected chi connectivity index (χ2v) is 7.87. The van der Waals surface area contributed by atoms with Gasteiger partial charge in [0, 0.05) is 0 Å². The molecule has 136 valence electrons. The summed E-state index contributed by atoms with van der Waals surface area (Å²) < 4.78 is 12.0. The minimum Gasteiger partial charge on any atom is -0.394 e. The molecule has 4 atom stereocenters. The number of aliphatic hydroxyl groups excluding tert-OH is 2. The lowest BCUT2D eigenvalue weighted by molar-refractivity contribution is -0.120. The van der Waals surface area contributed by atoms with Crippen molar-refractivity contribution in [2.24, 2.45) is 17.3 Å². The SMILES string of the molecule is CC(C)(C1CCCCC1OCCO)C1CCCCC1OCCO. The van der Waals surface area contributed by atoms with E-state index in [4.69, 9.17) is 19.7 Å². The zero-order chi connectivity index (χ0) is 16.7. The van der Waals surface area contributed by atoms with E-state index >= 15 is 0 Å². The van der Waals surface area contributed by atoms with E-state index in [1.54, 1.807) is 0 Å². The molecule has 0 heterocycles. The molecule has 0 spiro atoms. The highest BCUT2D eigenvalue weighted by Crippen LogP contribution is 2.49. The summed E-state index contributed by atoms with van der Waals surface area (Å²) in [6, 6.07) is 0. The molecule has 0 aliphatic heterocycles. The van der Waals surface area contributed by atoms with Crippen molar-refractivity contribution in [3.63, 3.8) is 0 Å². The number of ether oxygens (including phenoxy) is 2. The quantitative estimate of drug-likeness (QED) is 0.718. The van der Waals surface area contributed by atoms with Gasteiger partial charge < -0.3 is 19.7 Å². The van der Waals surface area contributed by atoms with Crippen molar-refractivity contribution in [2.45, 2.75) is 77.4 Å². The molecule has 0 aromatic carbocycles. The van der Waals surface area contributed by atoms with Gasteiger partial charge >= 0.3 is 0 Å². The molecule has 2 fully saturated rings. The van der Waals surface area contributed by atoms with Crippen LogP contribution in [0.2, 0.25) is 0 Å². The lowest BCUT2D eigenvalue weighted by atomic mass is 9.59. The standard InChI is InChI=1S/C19H36O4/c1-19(2,15-7-3-5-9-17(15)22-13-11-20)16-8-4-6-10-18(16)23-14-12-21/h15-18,20-21H,3-14H2,1-2H3. The summed E-state index contributed by atoms with van der Waals surface area (Å²) in [7, 11) is 0. The summed E-state index contributed by atoms with van der Waals surface area (Å²) in [5.74, 6) is 1.07. The molecule has 0 aromatic heterocycles. The fourth-order valence-electron chi connectivity index (χ4n) is 4.98. The molecule has 2 saturated carbocycles. The van der Waals surface area contributed by atoms with Gasteiger partial charge in [-0.3, -0.25) is 0 Å². The molecule has 2 rings (SSSR count). The lowest BCUT2D eigenvalue weighted by Crippen LogP contribution is -2.48. The van der Waals surface area contributed by atoms with Crippen LogP contribution < -0.4 is 0 Å². The molecule has 4 nitrogen and oxygen atoms in total. The summed E-state index contributed by atoms with van der Waals surface area (Å²) in [5, 5.41) is 18.2. The van der Waals surface area contributed by atoms with E-state index in [1.165, 1.54) is 38.5 Å². The molecular weight excluding hydrogens is 292 g/mol. The van der Waals surface area contributed by atoms with Crippen LogP contribution in [-0.2, 0) is 9.47 Å². The minimum absolute atomic E-state index is 0.106. The molecular formula is C19H36O4. The smallest absolute Gasteiger partial charge is 0.0701 e. The Morgan fingerprint density at radius 2 is 1.13 bits per heavy atom. The second-order valence-electron chi connectivity index (χ2n) is 7.87. The van der Waals surface area contributed by atoms with Crippen molar-refractivity contribution in [3.05, 3.63) is 0 Å². The Morgan fingerprint density at radius 3 is 1.52 bits per heavy atom. The first kappa shape index (κ1) is 19.2. The number of hydrogen-bond acceptors (Lipinski definition) is 4. The van der Waals surface area contributed by atoms with Gasteiger partial charge in [-0.05, 0) is 42.9 Å². The van der Waals surface area contributed by atoms with Crippen molar-refractivity contribution < 1.29 is 19.7 Å². The molecule has 0 amide bonds. The maximum absolute atomic E-state index is 9.11. The van der Waals surface area contributed by atoms with E-state index in [-0.39, 0.29) is 30.8 Å². The molecule has 4 unspecified atom stereocenters. The van der Waals surface area contributed by atoms with Gasteiger partial charge in [-0.2, -0.15) is 0 Å². The lowest BCUT2D eigenvalue weighted by Gasteiger charge is -2.50. The topological polar surface area (TPSA) is 58.9 Å². The number of hydrogen-bond donors (Lipinski definition) is 2. The molecule has 0 bridgehead atoms. The van der Waals surface area contributed by atoms with Gasteiger partial charge in [0.2, 0.25) is 0 Å². The van der Waals surface area contributed by atoms with Gasteiger partial charge in [0.05, 0.1) is 38.6 Å². The van der Waals surface area contributed by atoms with Crippen LogP contribution in [0.1, 0.15) is 65.2 Å². The molecule has 0 aromatic rings. The third kappa shape index (κ3) is 4.91. The zero-order valence-corrected chi connectivity index (χ0v) is 15.0.